The molecule has 0 aromatic carbocycles. The summed E-state index contributed by atoms with van der Waals surface area (Å²) in [6.45, 7) is 1.94. The Kier molecular flexibility index (Phi) is 4.92. The normalized spacial score (nSPS) is 35.6. The number of hydrogen-bond donors (Lipinski definition) is 1. The average molecular weight is 399 g/mol. The molecule has 4 heterocycles. The third kappa shape index (κ3) is 2.81. The van der Waals surface area contributed by atoms with Crippen molar-refractivity contribution in [2.75, 3.05) is 13.2 Å². The Hall–Kier alpha value is -1.45. The van der Waals surface area contributed by atoms with E-state index in [9.17, 15) is 0 Å². The maximum atomic E-state index is 6.03. The van der Waals surface area contributed by atoms with Gasteiger partial charge >= 0.3 is 0 Å². The summed E-state index contributed by atoms with van der Waals surface area (Å²) in [6, 6.07) is 0.543. The number of nitrogens with one attached hydrogen (secondary N) is 1. The van der Waals surface area contributed by atoms with Crippen LogP contribution >= 0.6 is 12.4 Å². The van der Waals surface area contributed by atoms with E-state index < -0.39 is 0 Å². The minimum atomic E-state index is 0. The SMILES string of the molecule is C1=CC2=CCC3=C4C(CCC3CC3CCCO3)C3=CNCC=C3N4C2CC1.Cl. The molecule has 6 rings (SSSR count). The highest BCUT2D eigenvalue weighted by atomic mass is 35.5. The van der Waals surface area contributed by atoms with Crippen LogP contribution in [0.1, 0.15) is 51.4 Å². The van der Waals surface area contributed by atoms with E-state index in [2.05, 4.69) is 40.7 Å². The third-order valence-electron chi connectivity index (χ3n) is 7.56. The molecule has 2 saturated heterocycles. The molecule has 0 radical (unpaired) electrons. The fraction of sp³-hybridized carbons (Fsp3) is 0.583. The Morgan fingerprint density at radius 1 is 1.14 bits per heavy atom. The topological polar surface area (TPSA) is 24.5 Å². The lowest BCUT2D eigenvalue weighted by atomic mass is 9.75. The van der Waals surface area contributed by atoms with Crippen molar-refractivity contribution in [1.82, 2.24) is 10.2 Å². The standard InChI is InChI=1S/C24H30N2O.ClH/c1-2-6-22-16(4-1)7-9-19-17(14-18-5-3-13-27-18)8-10-20-21-15-25-12-11-23(21)26(22)24(19)20;/h1,4,7,11,15,17-18,20,22,25H,2-3,5-6,8-10,12-14H2;1H. The molecule has 4 atom stereocenters. The smallest absolute Gasteiger partial charge is 0.0588 e. The maximum Gasteiger partial charge on any atom is 0.0588 e. The first-order valence-electron chi connectivity index (χ1n) is 11.0. The van der Waals surface area contributed by atoms with Crippen LogP contribution in [0.2, 0.25) is 0 Å². The van der Waals surface area contributed by atoms with Gasteiger partial charge in [0.15, 0.2) is 0 Å². The van der Waals surface area contributed by atoms with Gasteiger partial charge < -0.3 is 15.0 Å². The molecule has 150 valence electrons. The molecular formula is C24H31ClN2O. The van der Waals surface area contributed by atoms with Gasteiger partial charge in [-0.05, 0) is 74.5 Å². The van der Waals surface area contributed by atoms with Crippen molar-refractivity contribution in [3.05, 3.63) is 58.6 Å². The lowest BCUT2D eigenvalue weighted by molar-refractivity contribution is 0.0901. The molecule has 0 aromatic heterocycles. The van der Waals surface area contributed by atoms with E-state index in [1.807, 2.05) is 0 Å². The van der Waals surface area contributed by atoms with Crippen molar-refractivity contribution in [3.8, 4) is 0 Å². The van der Waals surface area contributed by atoms with Crippen molar-refractivity contribution < 1.29 is 4.74 Å². The van der Waals surface area contributed by atoms with E-state index in [4.69, 9.17) is 4.74 Å². The number of halogens is 1. The second kappa shape index (κ2) is 7.42. The first-order chi connectivity index (χ1) is 13.4. The fourth-order valence-corrected chi connectivity index (χ4v) is 6.38. The molecule has 6 aliphatic rings. The van der Waals surface area contributed by atoms with Crippen molar-refractivity contribution in [3.63, 3.8) is 0 Å². The number of hydrogen-bond acceptors (Lipinski definition) is 3. The number of rotatable bonds is 2. The van der Waals surface area contributed by atoms with Crippen LogP contribution in [0.5, 0.6) is 0 Å². The maximum absolute atomic E-state index is 6.03. The summed E-state index contributed by atoms with van der Waals surface area (Å²) >= 11 is 0. The summed E-state index contributed by atoms with van der Waals surface area (Å²) in [7, 11) is 0. The van der Waals surface area contributed by atoms with Crippen molar-refractivity contribution in [2.45, 2.75) is 63.5 Å². The van der Waals surface area contributed by atoms with Gasteiger partial charge in [-0.1, -0.05) is 18.2 Å². The quantitative estimate of drug-likeness (QED) is 0.708. The van der Waals surface area contributed by atoms with E-state index in [1.54, 1.807) is 22.4 Å². The van der Waals surface area contributed by atoms with Crippen LogP contribution in [0.25, 0.3) is 0 Å². The fourth-order valence-electron chi connectivity index (χ4n) is 6.38. The van der Waals surface area contributed by atoms with Crippen LogP contribution in [0.15, 0.2) is 58.6 Å². The zero-order chi connectivity index (χ0) is 17.8. The minimum Gasteiger partial charge on any atom is -0.387 e. The van der Waals surface area contributed by atoms with E-state index in [1.165, 1.54) is 50.6 Å². The molecule has 4 heteroatoms. The second-order valence-corrected chi connectivity index (χ2v) is 8.98. The summed E-state index contributed by atoms with van der Waals surface area (Å²) in [5, 5.41) is 3.49. The summed E-state index contributed by atoms with van der Waals surface area (Å²) in [6.07, 6.45) is 22.6. The Morgan fingerprint density at radius 3 is 3.00 bits per heavy atom. The highest BCUT2D eigenvalue weighted by molar-refractivity contribution is 5.85. The Bertz CT molecular complexity index is 799. The molecule has 2 aliphatic carbocycles. The molecule has 0 amide bonds. The van der Waals surface area contributed by atoms with Crippen LogP contribution in [0, 0.1) is 11.8 Å². The van der Waals surface area contributed by atoms with Crippen molar-refractivity contribution in [1.29, 1.82) is 0 Å². The number of ether oxygens (including phenoxy) is 1. The Morgan fingerprint density at radius 2 is 2.11 bits per heavy atom. The van der Waals surface area contributed by atoms with Crippen molar-refractivity contribution >= 4 is 12.4 Å². The van der Waals surface area contributed by atoms with Crippen LogP contribution in [0.3, 0.4) is 0 Å². The molecule has 0 spiro atoms. The molecule has 1 N–H and O–H groups in total. The van der Waals surface area contributed by atoms with Gasteiger partial charge in [-0.2, -0.15) is 0 Å². The number of dihydropyridines is 1. The Balaban J connectivity index is 0.00000171. The highest BCUT2D eigenvalue weighted by Crippen LogP contribution is 2.55. The van der Waals surface area contributed by atoms with E-state index in [0.29, 0.717) is 24.0 Å². The van der Waals surface area contributed by atoms with Gasteiger partial charge in [-0.3, -0.25) is 0 Å². The molecular weight excluding hydrogens is 368 g/mol. The Labute approximate surface area is 174 Å². The molecule has 0 saturated carbocycles. The predicted molar refractivity (Wildman–Crippen MR) is 115 cm³/mol. The predicted octanol–water partition coefficient (Wildman–Crippen LogP) is 4.99. The first kappa shape index (κ1) is 18.6. The van der Waals surface area contributed by atoms with Crippen molar-refractivity contribution in [2.24, 2.45) is 11.8 Å². The zero-order valence-corrected chi connectivity index (χ0v) is 17.3. The van der Waals surface area contributed by atoms with Gasteiger partial charge in [0.05, 0.1) is 12.1 Å². The summed E-state index contributed by atoms with van der Waals surface area (Å²) in [5.41, 5.74) is 8.02. The van der Waals surface area contributed by atoms with Gasteiger partial charge in [0.25, 0.3) is 0 Å². The van der Waals surface area contributed by atoms with Gasteiger partial charge in [0, 0.05) is 42.2 Å². The summed E-state index contributed by atoms with van der Waals surface area (Å²) < 4.78 is 6.03. The molecule has 3 nitrogen and oxygen atoms in total. The monoisotopic (exact) mass is 398 g/mol. The molecule has 0 bridgehead atoms. The lowest BCUT2D eigenvalue weighted by Gasteiger charge is -2.38. The minimum absolute atomic E-state index is 0. The number of allylic oxidation sites excluding steroid dienone is 5. The van der Waals surface area contributed by atoms with E-state index in [-0.39, 0.29) is 12.4 Å². The van der Waals surface area contributed by atoms with Gasteiger partial charge in [0.2, 0.25) is 0 Å². The molecule has 4 unspecified atom stereocenters. The van der Waals surface area contributed by atoms with Crippen LogP contribution in [0.4, 0.5) is 0 Å². The lowest BCUT2D eigenvalue weighted by Crippen LogP contribution is -2.35. The number of nitrogens with zero attached hydrogens (tertiary/aromatic N) is 1. The van der Waals surface area contributed by atoms with E-state index in [0.717, 1.165) is 19.6 Å². The first-order valence-corrected chi connectivity index (χ1v) is 11.0. The molecule has 28 heavy (non-hydrogen) atoms. The summed E-state index contributed by atoms with van der Waals surface area (Å²) in [5.74, 6) is 1.32. The highest BCUT2D eigenvalue weighted by Gasteiger charge is 2.47. The average Bonchev–Trinajstić information content (AvgIpc) is 3.29. The van der Waals surface area contributed by atoms with E-state index >= 15 is 0 Å². The molecule has 4 aliphatic heterocycles. The van der Waals surface area contributed by atoms with Crippen LogP contribution < -0.4 is 5.32 Å². The van der Waals surface area contributed by atoms with Gasteiger partial charge in [0.1, 0.15) is 0 Å². The van der Waals surface area contributed by atoms with Crippen LogP contribution in [-0.4, -0.2) is 30.2 Å². The zero-order valence-electron chi connectivity index (χ0n) is 16.5. The molecule has 0 aromatic rings. The second-order valence-electron chi connectivity index (χ2n) is 8.98. The van der Waals surface area contributed by atoms with Crippen LogP contribution in [-0.2, 0) is 4.74 Å². The largest absolute Gasteiger partial charge is 0.387 e. The molecule has 2 fully saturated rings. The number of fused-ring (bicyclic) bond motifs is 5. The van der Waals surface area contributed by atoms with Gasteiger partial charge in [-0.25, -0.2) is 0 Å². The summed E-state index contributed by atoms with van der Waals surface area (Å²) in [4.78, 5) is 2.77. The van der Waals surface area contributed by atoms with Gasteiger partial charge in [-0.15, -0.1) is 12.4 Å². The third-order valence-corrected chi connectivity index (χ3v) is 7.56.